The van der Waals surface area contributed by atoms with E-state index in [4.69, 9.17) is 0 Å². The number of rotatable bonds is 2. The summed E-state index contributed by atoms with van der Waals surface area (Å²) in [7, 11) is 0. The molecule has 3 unspecified atom stereocenters. The van der Waals surface area contributed by atoms with E-state index in [9.17, 15) is 19.5 Å². The molecule has 4 atom stereocenters. The van der Waals surface area contributed by atoms with Crippen LogP contribution in [0.5, 0.6) is 0 Å². The van der Waals surface area contributed by atoms with Crippen molar-refractivity contribution < 1.29 is 19.5 Å². The van der Waals surface area contributed by atoms with Crippen molar-refractivity contribution in [2.45, 2.75) is 44.2 Å². The average Bonchev–Trinajstić information content (AvgIpc) is 3.00. The molecule has 19 heavy (non-hydrogen) atoms. The zero-order valence-electron chi connectivity index (χ0n) is 10.7. The Labute approximate surface area is 111 Å². The number of hydrogen-bond donors (Lipinski definition) is 2. The summed E-state index contributed by atoms with van der Waals surface area (Å²) in [5, 5.41) is 12.0. The standard InChI is InChI=1S/C13H18N2O4/c16-10-5-4-9(14-10)12(17)15-6-7-2-1-3-8(7)11(15)13(18)19/h7-9,11H,1-6H2,(H,14,16)(H,18,19)/t7?,8?,9-,11?/m1/s1. The molecule has 1 saturated carbocycles. The predicted molar refractivity (Wildman–Crippen MR) is 65.1 cm³/mol. The molecule has 0 bridgehead atoms. The van der Waals surface area contributed by atoms with Crippen molar-refractivity contribution in [2.75, 3.05) is 6.54 Å². The number of carbonyl (C=O) groups excluding carboxylic acids is 2. The molecule has 0 radical (unpaired) electrons. The monoisotopic (exact) mass is 266 g/mol. The SMILES string of the molecule is O=C1CC[C@H](C(=O)N2CC3CCCC3C2C(=O)O)N1. The lowest BCUT2D eigenvalue weighted by Gasteiger charge is -2.26. The lowest BCUT2D eigenvalue weighted by Crippen LogP contribution is -2.50. The molecule has 3 rings (SSSR count). The van der Waals surface area contributed by atoms with Gasteiger partial charge in [0.25, 0.3) is 0 Å². The maximum Gasteiger partial charge on any atom is 0.326 e. The molecule has 0 aromatic carbocycles. The number of aliphatic carboxylic acids is 1. The summed E-state index contributed by atoms with van der Waals surface area (Å²) in [6.45, 7) is 0.535. The third-order valence-corrected chi connectivity index (χ3v) is 4.72. The van der Waals surface area contributed by atoms with Crippen molar-refractivity contribution in [3.8, 4) is 0 Å². The van der Waals surface area contributed by atoms with Crippen LogP contribution in [-0.4, -0.2) is 46.4 Å². The Hall–Kier alpha value is -1.59. The maximum atomic E-state index is 12.4. The van der Waals surface area contributed by atoms with Gasteiger partial charge in [-0.15, -0.1) is 0 Å². The Kier molecular flexibility index (Phi) is 2.95. The van der Waals surface area contributed by atoms with Crippen molar-refractivity contribution >= 4 is 17.8 Å². The Morgan fingerprint density at radius 3 is 2.68 bits per heavy atom. The third-order valence-electron chi connectivity index (χ3n) is 4.72. The zero-order valence-corrected chi connectivity index (χ0v) is 10.7. The fraction of sp³-hybridized carbons (Fsp3) is 0.769. The second kappa shape index (κ2) is 4.51. The van der Waals surface area contributed by atoms with Crippen LogP contribution in [0.1, 0.15) is 32.1 Å². The van der Waals surface area contributed by atoms with Gasteiger partial charge in [-0.25, -0.2) is 4.79 Å². The summed E-state index contributed by atoms with van der Waals surface area (Å²) in [5.41, 5.74) is 0. The third kappa shape index (κ3) is 1.99. The van der Waals surface area contributed by atoms with E-state index < -0.39 is 18.1 Å². The highest BCUT2D eigenvalue weighted by atomic mass is 16.4. The van der Waals surface area contributed by atoms with Crippen LogP contribution in [-0.2, 0) is 14.4 Å². The van der Waals surface area contributed by atoms with Gasteiger partial charge in [0, 0.05) is 13.0 Å². The summed E-state index contributed by atoms with van der Waals surface area (Å²) in [4.78, 5) is 36.5. The minimum Gasteiger partial charge on any atom is -0.480 e. The largest absolute Gasteiger partial charge is 0.480 e. The Morgan fingerprint density at radius 2 is 2.05 bits per heavy atom. The number of fused-ring (bicyclic) bond motifs is 1. The highest BCUT2D eigenvalue weighted by Gasteiger charge is 2.50. The fourth-order valence-electron chi connectivity index (χ4n) is 3.85. The fourth-order valence-corrected chi connectivity index (χ4v) is 3.85. The Balaban J connectivity index is 1.77. The molecule has 6 nitrogen and oxygen atoms in total. The van der Waals surface area contributed by atoms with Crippen molar-refractivity contribution in [3.63, 3.8) is 0 Å². The predicted octanol–water partition coefficient (Wildman–Crippen LogP) is -0.0233. The molecule has 6 heteroatoms. The molecule has 2 heterocycles. The lowest BCUT2D eigenvalue weighted by atomic mass is 9.94. The van der Waals surface area contributed by atoms with Gasteiger partial charge in [-0.1, -0.05) is 6.42 Å². The molecule has 3 fully saturated rings. The average molecular weight is 266 g/mol. The van der Waals surface area contributed by atoms with Crippen molar-refractivity contribution in [2.24, 2.45) is 11.8 Å². The molecule has 0 spiro atoms. The number of carboxylic acid groups (broad SMARTS) is 1. The van der Waals surface area contributed by atoms with Gasteiger partial charge in [-0.3, -0.25) is 9.59 Å². The molecule has 0 aromatic heterocycles. The Morgan fingerprint density at radius 1 is 1.26 bits per heavy atom. The number of nitrogens with zero attached hydrogens (tertiary/aromatic N) is 1. The number of carboxylic acids is 1. The van der Waals surface area contributed by atoms with Gasteiger partial charge >= 0.3 is 5.97 Å². The molecule has 2 amide bonds. The first-order chi connectivity index (χ1) is 9.08. The second-order valence-corrected chi connectivity index (χ2v) is 5.79. The molecule has 3 aliphatic rings. The highest BCUT2D eigenvalue weighted by molar-refractivity contribution is 5.93. The van der Waals surface area contributed by atoms with Gasteiger partial charge in [0.1, 0.15) is 12.1 Å². The van der Waals surface area contributed by atoms with E-state index in [-0.39, 0.29) is 17.7 Å². The number of likely N-dealkylation sites (tertiary alicyclic amines) is 1. The van der Waals surface area contributed by atoms with Crippen LogP contribution in [0.3, 0.4) is 0 Å². The summed E-state index contributed by atoms with van der Waals surface area (Å²) in [6, 6.07) is -1.22. The van der Waals surface area contributed by atoms with Gasteiger partial charge in [-0.2, -0.15) is 0 Å². The van der Waals surface area contributed by atoms with Gasteiger partial charge in [-0.05, 0) is 31.1 Å². The van der Waals surface area contributed by atoms with Crippen LogP contribution in [0, 0.1) is 11.8 Å². The summed E-state index contributed by atoms with van der Waals surface area (Å²) < 4.78 is 0. The van der Waals surface area contributed by atoms with E-state index >= 15 is 0 Å². The minimum absolute atomic E-state index is 0.0959. The van der Waals surface area contributed by atoms with Crippen LogP contribution < -0.4 is 5.32 Å². The molecule has 0 aromatic rings. The molecule has 104 valence electrons. The van der Waals surface area contributed by atoms with Crippen LogP contribution in [0.2, 0.25) is 0 Å². The lowest BCUT2D eigenvalue weighted by molar-refractivity contribution is -0.150. The number of carbonyl (C=O) groups is 3. The van der Waals surface area contributed by atoms with E-state index in [0.29, 0.717) is 25.3 Å². The van der Waals surface area contributed by atoms with E-state index in [1.54, 1.807) is 0 Å². The van der Waals surface area contributed by atoms with Crippen LogP contribution in [0.15, 0.2) is 0 Å². The number of nitrogens with one attached hydrogen (secondary N) is 1. The van der Waals surface area contributed by atoms with E-state index in [1.165, 1.54) is 4.90 Å². The van der Waals surface area contributed by atoms with Gasteiger partial charge in [0.05, 0.1) is 0 Å². The van der Waals surface area contributed by atoms with E-state index in [1.807, 2.05) is 0 Å². The smallest absolute Gasteiger partial charge is 0.326 e. The van der Waals surface area contributed by atoms with Crippen LogP contribution in [0.25, 0.3) is 0 Å². The molecule has 2 saturated heterocycles. The zero-order chi connectivity index (χ0) is 13.6. The van der Waals surface area contributed by atoms with E-state index in [2.05, 4.69) is 5.32 Å². The molecular weight excluding hydrogens is 248 g/mol. The summed E-state index contributed by atoms with van der Waals surface area (Å²) >= 11 is 0. The number of hydrogen-bond acceptors (Lipinski definition) is 3. The normalized spacial score (nSPS) is 37.3. The second-order valence-electron chi connectivity index (χ2n) is 5.79. The Bertz CT molecular complexity index is 436. The topological polar surface area (TPSA) is 86.7 Å². The van der Waals surface area contributed by atoms with E-state index in [0.717, 1.165) is 19.3 Å². The molecule has 1 aliphatic carbocycles. The summed E-state index contributed by atoms with van der Waals surface area (Å²) in [6.07, 6.45) is 3.80. The maximum absolute atomic E-state index is 12.4. The first-order valence-electron chi connectivity index (χ1n) is 6.90. The van der Waals surface area contributed by atoms with Crippen LogP contribution in [0.4, 0.5) is 0 Å². The molecule has 2 aliphatic heterocycles. The first kappa shape index (κ1) is 12.4. The first-order valence-corrected chi connectivity index (χ1v) is 6.90. The van der Waals surface area contributed by atoms with Crippen molar-refractivity contribution in [3.05, 3.63) is 0 Å². The van der Waals surface area contributed by atoms with Crippen LogP contribution >= 0.6 is 0 Å². The van der Waals surface area contributed by atoms with Gasteiger partial charge < -0.3 is 15.3 Å². The van der Waals surface area contributed by atoms with Crippen molar-refractivity contribution in [1.82, 2.24) is 10.2 Å². The minimum atomic E-state index is -0.910. The highest BCUT2D eigenvalue weighted by Crippen LogP contribution is 2.42. The summed E-state index contributed by atoms with van der Waals surface area (Å²) in [5.74, 6) is -0.829. The van der Waals surface area contributed by atoms with Gasteiger partial charge in [0.2, 0.25) is 11.8 Å². The molecular formula is C13H18N2O4. The van der Waals surface area contributed by atoms with Crippen molar-refractivity contribution in [1.29, 1.82) is 0 Å². The molecule has 2 N–H and O–H groups in total. The van der Waals surface area contributed by atoms with Gasteiger partial charge in [0.15, 0.2) is 0 Å². The quantitative estimate of drug-likeness (QED) is 0.735. The number of amides is 2.